The molecule has 1 N–H and O–H groups in total. The Morgan fingerprint density at radius 1 is 1.46 bits per heavy atom. The number of nitrogens with zero attached hydrogens (tertiary/aromatic N) is 1. The van der Waals surface area contributed by atoms with Gasteiger partial charge in [-0.3, -0.25) is 0 Å². The minimum absolute atomic E-state index is 0.993. The van der Waals surface area contributed by atoms with Crippen molar-refractivity contribution in [2.45, 2.75) is 13.8 Å². The van der Waals surface area contributed by atoms with E-state index in [1.165, 1.54) is 5.57 Å². The van der Waals surface area contributed by atoms with Crippen LogP contribution in [-0.4, -0.2) is 9.97 Å². The average molecular weight is 174 g/mol. The predicted octanol–water partition coefficient (Wildman–Crippen LogP) is 2.95. The van der Waals surface area contributed by atoms with Gasteiger partial charge in [0.2, 0.25) is 0 Å². The number of hydrogen-bond acceptors (Lipinski definition) is 1. The zero-order chi connectivity index (χ0) is 9.68. The number of hydrogen-bond donors (Lipinski definition) is 1. The molecule has 1 aromatic rings. The van der Waals surface area contributed by atoms with Gasteiger partial charge in [0.15, 0.2) is 0 Å². The fourth-order valence-electron chi connectivity index (χ4n) is 0.938. The summed E-state index contributed by atoms with van der Waals surface area (Å²) < 4.78 is 0. The molecule has 0 saturated carbocycles. The lowest BCUT2D eigenvalue weighted by Gasteiger charge is -1.95. The van der Waals surface area contributed by atoms with Crippen LogP contribution < -0.4 is 0 Å². The van der Waals surface area contributed by atoms with Crippen LogP contribution in [0.2, 0.25) is 0 Å². The van der Waals surface area contributed by atoms with Crippen LogP contribution in [0, 0.1) is 0 Å². The van der Waals surface area contributed by atoms with Gasteiger partial charge in [-0.05, 0) is 19.4 Å². The number of nitrogens with one attached hydrogen (secondary N) is 1. The Balaban J connectivity index is 2.92. The van der Waals surface area contributed by atoms with E-state index in [1.807, 2.05) is 12.2 Å². The summed E-state index contributed by atoms with van der Waals surface area (Å²) in [5, 5.41) is 0. The van der Waals surface area contributed by atoms with Crippen molar-refractivity contribution >= 4 is 5.57 Å². The van der Waals surface area contributed by atoms with Gasteiger partial charge in [0, 0.05) is 0 Å². The summed E-state index contributed by atoms with van der Waals surface area (Å²) in [6, 6.07) is 0. The molecule has 1 aromatic heterocycles. The van der Waals surface area contributed by atoms with Crippen molar-refractivity contribution in [3.05, 3.63) is 48.6 Å². The maximum atomic E-state index is 3.95. The zero-order valence-electron chi connectivity index (χ0n) is 8.04. The highest BCUT2D eigenvalue weighted by molar-refractivity contribution is 5.71. The molecule has 0 aliphatic heterocycles. The summed E-state index contributed by atoms with van der Waals surface area (Å²) in [5.74, 6) is 0. The van der Waals surface area contributed by atoms with Crippen LogP contribution in [0.15, 0.2) is 42.9 Å². The Labute approximate surface area is 78.7 Å². The van der Waals surface area contributed by atoms with Crippen molar-refractivity contribution in [3.8, 4) is 0 Å². The van der Waals surface area contributed by atoms with Crippen molar-refractivity contribution in [2.24, 2.45) is 0 Å². The van der Waals surface area contributed by atoms with Gasteiger partial charge in [0.05, 0.1) is 18.2 Å². The number of H-pyrrole nitrogens is 1. The zero-order valence-corrected chi connectivity index (χ0v) is 8.04. The Bertz CT molecular complexity index is 325. The third-order valence-corrected chi connectivity index (χ3v) is 1.63. The van der Waals surface area contributed by atoms with Gasteiger partial charge in [0.1, 0.15) is 0 Å². The largest absolute Gasteiger partial charge is 0.345 e. The maximum absolute atomic E-state index is 3.95. The molecule has 0 aromatic carbocycles. The molecule has 1 heterocycles. The number of allylic oxidation sites excluding steroid dienone is 5. The fraction of sp³-hybridized carbons (Fsp3) is 0.182. The molecule has 0 unspecified atom stereocenters. The molecule has 1 rings (SSSR count). The van der Waals surface area contributed by atoms with Gasteiger partial charge in [-0.15, -0.1) is 0 Å². The molecule has 0 aliphatic rings. The molecule has 13 heavy (non-hydrogen) atoms. The first kappa shape index (κ1) is 9.52. The van der Waals surface area contributed by atoms with Crippen LogP contribution in [0.1, 0.15) is 19.5 Å². The Morgan fingerprint density at radius 2 is 2.23 bits per heavy atom. The first-order valence-electron chi connectivity index (χ1n) is 4.20. The van der Waals surface area contributed by atoms with Crippen LogP contribution in [0.4, 0.5) is 0 Å². The Kier molecular flexibility index (Phi) is 3.26. The third kappa shape index (κ3) is 2.75. The van der Waals surface area contributed by atoms with Crippen LogP contribution >= 0.6 is 0 Å². The van der Waals surface area contributed by atoms with Crippen LogP contribution in [-0.2, 0) is 0 Å². The molecule has 68 valence electrons. The van der Waals surface area contributed by atoms with E-state index in [1.54, 1.807) is 12.5 Å². The van der Waals surface area contributed by atoms with E-state index < -0.39 is 0 Å². The normalized spacial score (nSPS) is 11.1. The number of imidazole rings is 1. The summed E-state index contributed by atoms with van der Waals surface area (Å²) >= 11 is 0. The highest BCUT2D eigenvalue weighted by atomic mass is 14.9. The van der Waals surface area contributed by atoms with E-state index in [0.29, 0.717) is 0 Å². The molecular weight excluding hydrogens is 160 g/mol. The Morgan fingerprint density at radius 3 is 2.69 bits per heavy atom. The standard InChI is InChI=1S/C11H14N2/c1-4-10(6-5-9(2)3)11-7-12-8-13-11/h4-8H,1H2,2-3H3,(H,12,13)/b10-6+. The summed E-state index contributed by atoms with van der Waals surface area (Å²) in [5.41, 5.74) is 3.31. The third-order valence-electron chi connectivity index (χ3n) is 1.63. The smallest absolute Gasteiger partial charge is 0.0924 e. The van der Waals surface area contributed by atoms with Crippen LogP contribution in [0.3, 0.4) is 0 Å². The first-order valence-corrected chi connectivity index (χ1v) is 4.20. The molecule has 0 spiro atoms. The molecular formula is C11H14N2. The summed E-state index contributed by atoms with van der Waals surface area (Å²) in [6.45, 7) is 7.87. The maximum Gasteiger partial charge on any atom is 0.0924 e. The van der Waals surface area contributed by atoms with Crippen molar-refractivity contribution in [1.29, 1.82) is 0 Å². The quantitative estimate of drug-likeness (QED) is 0.701. The fourth-order valence-corrected chi connectivity index (χ4v) is 0.938. The van der Waals surface area contributed by atoms with Crippen molar-refractivity contribution in [1.82, 2.24) is 9.97 Å². The molecule has 0 aliphatic carbocycles. The molecule has 2 heteroatoms. The van der Waals surface area contributed by atoms with E-state index in [-0.39, 0.29) is 0 Å². The van der Waals surface area contributed by atoms with E-state index >= 15 is 0 Å². The molecule has 0 atom stereocenters. The minimum atomic E-state index is 0.993. The van der Waals surface area contributed by atoms with E-state index in [9.17, 15) is 0 Å². The lowest BCUT2D eigenvalue weighted by atomic mass is 10.1. The monoisotopic (exact) mass is 174 g/mol. The van der Waals surface area contributed by atoms with Crippen LogP contribution in [0.5, 0.6) is 0 Å². The van der Waals surface area contributed by atoms with Crippen LogP contribution in [0.25, 0.3) is 5.57 Å². The molecule has 0 fully saturated rings. The topological polar surface area (TPSA) is 28.7 Å². The van der Waals surface area contributed by atoms with Gasteiger partial charge in [-0.25, -0.2) is 4.98 Å². The summed E-state index contributed by atoms with van der Waals surface area (Å²) in [4.78, 5) is 6.99. The highest BCUT2D eigenvalue weighted by Crippen LogP contribution is 2.11. The van der Waals surface area contributed by atoms with E-state index in [4.69, 9.17) is 0 Å². The first-order chi connectivity index (χ1) is 6.24. The van der Waals surface area contributed by atoms with Gasteiger partial charge in [-0.1, -0.05) is 30.4 Å². The lowest BCUT2D eigenvalue weighted by Crippen LogP contribution is -1.78. The van der Waals surface area contributed by atoms with Crippen molar-refractivity contribution in [3.63, 3.8) is 0 Å². The van der Waals surface area contributed by atoms with E-state index in [2.05, 4.69) is 36.5 Å². The molecule has 2 nitrogen and oxygen atoms in total. The number of rotatable bonds is 3. The van der Waals surface area contributed by atoms with Crippen molar-refractivity contribution in [2.75, 3.05) is 0 Å². The molecule has 0 saturated heterocycles. The second-order valence-corrected chi connectivity index (χ2v) is 3.04. The molecule has 0 radical (unpaired) electrons. The second kappa shape index (κ2) is 4.45. The molecule has 0 bridgehead atoms. The summed E-state index contributed by atoms with van der Waals surface area (Å²) in [6.07, 6.45) is 9.34. The number of aromatic nitrogens is 2. The van der Waals surface area contributed by atoms with Crippen molar-refractivity contribution < 1.29 is 0 Å². The lowest BCUT2D eigenvalue weighted by molar-refractivity contribution is 1.30. The SMILES string of the molecule is C=C/C(=C\C=C(C)C)c1cnc[nH]1. The van der Waals surface area contributed by atoms with Gasteiger partial charge in [0.25, 0.3) is 0 Å². The summed E-state index contributed by atoms with van der Waals surface area (Å²) in [7, 11) is 0. The number of aromatic amines is 1. The highest BCUT2D eigenvalue weighted by Gasteiger charge is 1.95. The Hall–Kier alpha value is -1.57. The second-order valence-electron chi connectivity index (χ2n) is 3.04. The molecule has 0 amide bonds. The van der Waals surface area contributed by atoms with Gasteiger partial charge < -0.3 is 4.98 Å². The van der Waals surface area contributed by atoms with Gasteiger partial charge >= 0.3 is 0 Å². The van der Waals surface area contributed by atoms with E-state index in [0.717, 1.165) is 11.3 Å². The predicted molar refractivity (Wildman–Crippen MR) is 56.2 cm³/mol. The minimum Gasteiger partial charge on any atom is -0.345 e. The van der Waals surface area contributed by atoms with Gasteiger partial charge in [-0.2, -0.15) is 0 Å². The average Bonchev–Trinajstić information content (AvgIpc) is 2.58.